The Balaban J connectivity index is 1.43. The van der Waals surface area contributed by atoms with Gasteiger partial charge in [-0.25, -0.2) is 14.8 Å². The van der Waals surface area contributed by atoms with Gasteiger partial charge in [-0.05, 0) is 68.1 Å². The lowest BCUT2D eigenvalue weighted by Gasteiger charge is -2.44. The first-order valence-corrected chi connectivity index (χ1v) is 20.5. The summed E-state index contributed by atoms with van der Waals surface area (Å²) in [6.07, 6.45) is 4.02. The summed E-state index contributed by atoms with van der Waals surface area (Å²) in [4.78, 5) is 24.9. The topological polar surface area (TPSA) is 81.5 Å². The summed E-state index contributed by atoms with van der Waals surface area (Å²) in [6, 6.07) is 33.8. The number of nitrogens with zero attached hydrogens (tertiary/aromatic N) is 4. The highest BCUT2D eigenvalue weighted by Gasteiger charge is 2.43. The summed E-state index contributed by atoms with van der Waals surface area (Å²) in [5.41, 5.74) is 2.85. The van der Waals surface area contributed by atoms with Crippen molar-refractivity contribution in [1.29, 1.82) is 0 Å². The molecule has 1 saturated heterocycles. The SMILES string of the molecule is CC(C)(C)OC(=O)N1CC(Nc2ncnc3c2ccn3C(c2ccccc2)(c2ccccc2)c2ccccc2)CC(O[Si](C)(C)C(C)(C)C)C1. The summed E-state index contributed by atoms with van der Waals surface area (Å²) in [5.74, 6) is 0.721. The molecule has 2 atom stereocenters. The third-order valence-electron chi connectivity index (χ3n) is 10.1. The molecular weight excluding hydrogens is 639 g/mol. The van der Waals surface area contributed by atoms with Crippen LogP contribution in [-0.4, -0.2) is 64.7 Å². The predicted molar refractivity (Wildman–Crippen MR) is 204 cm³/mol. The maximum absolute atomic E-state index is 13.5. The zero-order chi connectivity index (χ0) is 35.7. The van der Waals surface area contributed by atoms with Gasteiger partial charge in [-0.2, -0.15) is 0 Å². The van der Waals surface area contributed by atoms with E-state index >= 15 is 0 Å². The van der Waals surface area contributed by atoms with Crippen LogP contribution in [-0.2, 0) is 14.7 Å². The molecule has 2 unspecified atom stereocenters. The molecular formula is C41H51N5O3Si. The van der Waals surface area contributed by atoms with E-state index in [1.807, 2.05) is 20.8 Å². The average Bonchev–Trinajstić information content (AvgIpc) is 3.50. The first kappa shape index (κ1) is 35.4. The monoisotopic (exact) mass is 689 g/mol. The smallest absolute Gasteiger partial charge is 0.410 e. The molecule has 3 aromatic carbocycles. The van der Waals surface area contributed by atoms with Crippen LogP contribution in [0.4, 0.5) is 10.6 Å². The van der Waals surface area contributed by atoms with Crippen molar-refractivity contribution in [3.8, 4) is 0 Å². The fourth-order valence-corrected chi connectivity index (χ4v) is 8.16. The van der Waals surface area contributed by atoms with Crippen LogP contribution >= 0.6 is 0 Å². The van der Waals surface area contributed by atoms with Crippen molar-refractivity contribution in [3.63, 3.8) is 0 Å². The van der Waals surface area contributed by atoms with Crippen LogP contribution in [0.5, 0.6) is 0 Å². The Morgan fingerprint density at radius 3 is 1.82 bits per heavy atom. The highest BCUT2D eigenvalue weighted by Crippen LogP contribution is 2.43. The predicted octanol–water partition coefficient (Wildman–Crippen LogP) is 9.08. The van der Waals surface area contributed by atoms with E-state index in [2.05, 4.69) is 147 Å². The number of fused-ring (bicyclic) bond motifs is 1. The lowest BCUT2D eigenvalue weighted by Crippen LogP contribution is -2.56. The van der Waals surface area contributed by atoms with Gasteiger partial charge >= 0.3 is 6.09 Å². The molecule has 1 aliphatic heterocycles. The molecule has 0 saturated carbocycles. The van der Waals surface area contributed by atoms with Crippen LogP contribution in [0.15, 0.2) is 110 Å². The zero-order valence-corrected chi connectivity index (χ0v) is 31.7. The number of nitrogens with one attached hydrogen (secondary N) is 1. The van der Waals surface area contributed by atoms with Crippen LogP contribution in [0.2, 0.25) is 18.1 Å². The van der Waals surface area contributed by atoms with Gasteiger partial charge in [-0.1, -0.05) is 112 Å². The molecule has 1 aliphatic rings. The Morgan fingerprint density at radius 2 is 1.32 bits per heavy atom. The number of anilines is 1. The standard InChI is InChI=1S/C41H51N5O3Si/c1-39(2,3)48-38(47)45-27-33(26-34(28-45)49-50(7,8)40(4,5)6)44-36-35-24-25-46(37(35)43-29-42-36)41(30-18-12-9-13-19-30,31-20-14-10-15-21-31)32-22-16-11-17-23-32/h9-25,29,33-34H,26-28H2,1-8H3,(H,42,43,44). The molecule has 8 nitrogen and oxygen atoms in total. The minimum absolute atomic E-state index is 0.0363. The van der Waals surface area contributed by atoms with Crippen LogP contribution in [0.3, 0.4) is 0 Å². The Kier molecular flexibility index (Phi) is 9.67. The van der Waals surface area contributed by atoms with Crippen molar-refractivity contribution in [3.05, 3.63) is 126 Å². The van der Waals surface area contributed by atoms with Crippen molar-refractivity contribution in [2.24, 2.45) is 0 Å². The Bertz CT molecular complexity index is 1800. The third-order valence-corrected chi connectivity index (χ3v) is 14.6. The van der Waals surface area contributed by atoms with Crippen molar-refractivity contribution in [2.45, 2.75) is 89.4 Å². The number of aromatic nitrogens is 3. The molecule has 1 amide bonds. The Morgan fingerprint density at radius 1 is 0.780 bits per heavy atom. The highest BCUT2D eigenvalue weighted by molar-refractivity contribution is 6.74. The van der Waals surface area contributed by atoms with E-state index in [0.29, 0.717) is 13.1 Å². The number of ether oxygens (including phenoxy) is 1. The van der Waals surface area contributed by atoms with Crippen molar-refractivity contribution in [1.82, 2.24) is 19.4 Å². The fourth-order valence-electron chi connectivity index (χ4n) is 6.80. The molecule has 262 valence electrons. The molecule has 2 aromatic heterocycles. The van der Waals surface area contributed by atoms with Gasteiger partial charge in [0.2, 0.25) is 0 Å². The van der Waals surface area contributed by atoms with E-state index < -0.39 is 19.5 Å². The first-order valence-electron chi connectivity index (χ1n) is 17.6. The van der Waals surface area contributed by atoms with Gasteiger partial charge < -0.3 is 23.9 Å². The van der Waals surface area contributed by atoms with Crippen LogP contribution in [0.1, 0.15) is 64.7 Å². The number of likely N-dealkylation sites (tertiary alicyclic amines) is 1. The molecule has 9 heteroatoms. The van der Waals surface area contributed by atoms with Gasteiger partial charge in [0.15, 0.2) is 8.32 Å². The number of piperidine rings is 1. The molecule has 6 rings (SSSR count). The van der Waals surface area contributed by atoms with E-state index in [1.165, 1.54) is 0 Å². The average molecular weight is 690 g/mol. The quantitative estimate of drug-likeness (QED) is 0.129. The second kappa shape index (κ2) is 13.7. The lowest BCUT2D eigenvalue weighted by molar-refractivity contribution is 0.00391. The van der Waals surface area contributed by atoms with E-state index in [4.69, 9.17) is 19.1 Å². The van der Waals surface area contributed by atoms with Gasteiger partial charge in [0, 0.05) is 25.3 Å². The number of carbonyl (C=O) groups excluding carboxylic acids is 1. The van der Waals surface area contributed by atoms with Gasteiger partial charge in [0.05, 0.1) is 11.5 Å². The molecule has 0 spiro atoms. The molecule has 0 bridgehead atoms. The van der Waals surface area contributed by atoms with Crippen molar-refractivity contribution >= 4 is 31.3 Å². The zero-order valence-electron chi connectivity index (χ0n) is 30.7. The molecule has 0 radical (unpaired) electrons. The minimum Gasteiger partial charge on any atom is -0.444 e. The van der Waals surface area contributed by atoms with Gasteiger partial charge in [-0.3, -0.25) is 0 Å². The number of rotatable bonds is 8. The first-order chi connectivity index (χ1) is 23.7. The number of carbonyl (C=O) groups is 1. The molecule has 1 N–H and O–H groups in total. The maximum Gasteiger partial charge on any atom is 0.410 e. The van der Waals surface area contributed by atoms with E-state index in [1.54, 1.807) is 11.2 Å². The largest absolute Gasteiger partial charge is 0.444 e. The second-order valence-corrected chi connectivity index (χ2v) is 20.7. The summed E-state index contributed by atoms with van der Waals surface area (Å²) >= 11 is 0. The Hall–Kier alpha value is -4.47. The maximum atomic E-state index is 13.5. The van der Waals surface area contributed by atoms with Crippen molar-refractivity contribution in [2.75, 3.05) is 18.4 Å². The minimum atomic E-state index is -2.12. The summed E-state index contributed by atoms with van der Waals surface area (Å²) in [5, 5.41) is 4.67. The van der Waals surface area contributed by atoms with E-state index in [-0.39, 0.29) is 23.3 Å². The number of amides is 1. The molecule has 5 aromatic rings. The van der Waals surface area contributed by atoms with Crippen LogP contribution in [0, 0.1) is 0 Å². The number of hydrogen-bond acceptors (Lipinski definition) is 6. The summed E-state index contributed by atoms with van der Waals surface area (Å²) < 4.78 is 15.0. The van der Waals surface area contributed by atoms with E-state index in [9.17, 15) is 4.79 Å². The summed E-state index contributed by atoms with van der Waals surface area (Å²) in [6.45, 7) is 17.9. The van der Waals surface area contributed by atoms with Crippen LogP contribution < -0.4 is 5.32 Å². The molecule has 50 heavy (non-hydrogen) atoms. The lowest BCUT2D eigenvalue weighted by atomic mass is 9.76. The number of hydrogen-bond donors (Lipinski definition) is 1. The highest BCUT2D eigenvalue weighted by atomic mass is 28.4. The third kappa shape index (κ3) is 7.07. The normalized spacial score (nSPS) is 17.5. The van der Waals surface area contributed by atoms with Gasteiger partial charge in [-0.15, -0.1) is 0 Å². The van der Waals surface area contributed by atoms with Gasteiger partial charge in [0.25, 0.3) is 0 Å². The second-order valence-electron chi connectivity index (χ2n) is 15.9. The molecule has 3 heterocycles. The van der Waals surface area contributed by atoms with Gasteiger partial charge in [0.1, 0.15) is 28.9 Å². The van der Waals surface area contributed by atoms with E-state index in [0.717, 1.165) is 40.0 Å². The van der Waals surface area contributed by atoms with Crippen LogP contribution in [0.25, 0.3) is 11.0 Å². The number of benzene rings is 3. The van der Waals surface area contributed by atoms with Crippen molar-refractivity contribution < 1.29 is 14.0 Å². The molecule has 1 fully saturated rings. The molecule has 0 aliphatic carbocycles. The Labute approximate surface area is 298 Å². The fraction of sp³-hybridized carbons (Fsp3) is 0.390. The summed E-state index contributed by atoms with van der Waals surface area (Å²) in [7, 11) is -2.12.